The second-order valence-corrected chi connectivity index (χ2v) is 4.59. The van der Waals surface area contributed by atoms with E-state index in [4.69, 9.17) is 0 Å². The Morgan fingerprint density at radius 1 is 1.06 bits per heavy atom. The Kier molecular flexibility index (Phi) is 2.38. The number of aromatic nitrogens is 1. The molecule has 2 nitrogen and oxygen atoms in total. The van der Waals surface area contributed by atoms with Crippen LogP contribution in [0.4, 0.5) is 0 Å². The molecule has 0 spiro atoms. The van der Waals surface area contributed by atoms with E-state index >= 15 is 0 Å². The molecule has 0 saturated carbocycles. The topological polar surface area (TPSA) is 17.0 Å². The second-order valence-electron chi connectivity index (χ2n) is 3.68. The van der Waals surface area contributed by atoms with Crippen molar-refractivity contribution < 1.29 is 0 Å². The average Bonchev–Trinajstić information content (AvgIpc) is 2.96. The van der Waals surface area contributed by atoms with Gasteiger partial charge in [0.2, 0.25) is 0 Å². The summed E-state index contributed by atoms with van der Waals surface area (Å²) < 4.78 is 3.33. The Morgan fingerprint density at radius 3 is 2.75 bits per heavy atom. The van der Waals surface area contributed by atoms with Crippen molar-refractivity contribution in [3.05, 3.63) is 59.7 Å². The summed E-state index contributed by atoms with van der Waals surface area (Å²) in [6.45, 7) is 0.860. The summed E-state index contributed by atoms with van der Waals surface area (Å²) in [7, 11) is 0. The number of benzene rings is 1. The molecule has 2 aromatic heterocycles. The first kappa shape index (κ1) is 9.48. The lowest BCUT2D eigenvalue weighted by molar-refractivity contribution is 0.852. The molecule has 1 aromatic carbocycles. The van der Waals surface area contributed by atoms with Crippen molar-refractivity contribution in [2.45, 2.75) is 6.54 Å². The fraction of sp³-hybridized carbons (Fsp3) is 0.0769. The van der Waals surface area contributed by atoms with Crippen LogP contribution in [0.15, 0.2) is 54.2 Å². The van der Waals surface area contributed by atoms with Crippen LogP contribution in [0.2, 0.25) is 0 Å². The van der Waals surface area contributed by atoms with Gasteiger partial charge in [-0.05, 0) is 34.5 Å². The van der Waals surface area contributed by atoms with Crippen LogP contribution >= 0.6 is 11.3 Å². The Balaban J connectivity index is 1.84. The van der Waals surface area contributed by atoms with E-state index in [0.29, 0.717) is 0 Å². The molecule has 3 heteroatoms. The lowest BCUT2D eigenvalue weighted by Crippen LogP contribution is -2.11. The zero-order chi connectivity index (χ0) is 10.8. The summed E-state index contributed by atoms with van der Waals surface area (Å²) in [5.74, 6) is 0. The van der Waals surface area contributed by atoms with E-state index in [9.17, 15) is 0 Å². The third kappa shape index (κ3) is 1.70. The lowest BCUT2D eigenvalue weighted by Gasteiger charge is -2.06. The zero-order valence-corrected chi connectivity index (χ0v) is 9.58. The van der Waals surface area contributed by atoms with E-state index in [1.54, 1.807) is 11.3 Å². The molecule has 0 atom stereocenters. The minimum absolute atomic E-state index is 0.860. The van der Waals surface area contributed by atoms with Gasteiger partial charge in [-0.2, -0.15) is 0 Å². The summed E-state index contributed by atoms with van der Waals surface area (Å²) in [6, 6.07) is 12.5. The zero-order valence-electron chi connectivity index (χ0n) is 8.76. The van der Waals surface area contributed by atoms with Gasteiger partial charge in [0.1, 0.15) is 0 Å². The predicted octanol–water partition coefficient (Wildman–Crippen LogP) is 3.45. The van der Waals surface area contributed by atoms with Crippen LogP contribution in [-0.4, -0.2) is 4.68 Å². The summed E-state index contributed by atoms with van der Waals surface area (Å²) in [6.07, 6.45) is 4.02. The second kappa shape index (κ2) is 4.02. The Morgan fingerprint density at radius 2 is 1.88 bits per heavy atom. The minimum atomic E-state index is 0.860. The van der Waals surface area contributed by atoms with E-state index < -0.39 is 0 Å². The van der Waals surface area contributed by atoms with E-state index in [-0.39, 0.29) is 0 Å². The summed E-state index contributed by atoms with van der Waals surface area (Å²) in [5, 5.41) is 3.58. The molecule has 16 heavy (non-hydrogen) atoms. The number of nitrogens with zero attached hydrogens (tertiary/aromatic N) is 1. The van der Waals surface area contributed by atoms with Crippen molar-refractivity contribution in [2.24, 2.45) is 0 Å². The number of thiophene rings is 1. The fourth-order valence-corrected chi connectivity index (χ4v) is 2.75. The van der Waals surface area contributed by atoms with Crippen molar-refractivity contribution >= 4 is 21.4 Å². The van der Waals surface area contributed by atoms with Crippen LogP contribution in [0.25, 0.3) is 10.1 Å². The maximum absolute atomic E-state index is 3.34. The van der Waals surface area contributed by atoms with E-state index in [2.05, 4.69) is 35.1 Å². The van der Waals surface area contributed by atoms with Gasteiger partial charge < -0.3 is 5.43 Å². The normalized spacial score (nSPS) is 10.8. The lowest BCUT2D eigenvalue weighted by atomic mass is 10.2. The summed E-state index contributed by atoms with van der Waals surface area (Å²) in [4.78, 5) is 0. The van der Waals surface area contributed by atoms with Crippen LogP contribution in [-0.2, 0) is 6.54 Å². The molecule has 0 amide bonds. The third-order valence-corrected chi connectivity index (χ3v) is 3.63. The standard InChI is InChI=1S/C13H12N2S/c1-2-6-13-12(5-1)11(10-16-13)9-14-15-7-3-4-8-15/h1-8,10,14H,9H2. The maximum atomic E-state index is 3.34. The number of nitrogens with one attached hydrogen (secondary N) is 1. The molecule has 0 fully saturated rings. The van der Waals surface area contributed by atoms with Gasteiger partial charge in [0.05, 0.1) is 6.54 Å². The first-order chi connectivity index (χ1) is 7.93. The highest BCUT2D eigenvalue weighted by Crippen LogP contribution is 2.25. The molecule has 0 bridgehead atoms. The number of hydrogen-bond acceptors (Lipinski definition) is 2. The highest BCUT2D eigenvalue weighted by molar-refractivity contribution is 7.17. The molecular weight excluding hydrogens is 216 g/mol. The van der Waals surface area contributed by atoms with Crippen molar-refractivity contribution in [1.82, 2.24) is 4.68 Å². The first-order valence-corrected chi connectivity index (χ1v) is 6.13. The van der Waals surface area contributed by atoms with Crippen LogP contribution in [0, 0.1) is 0 Å². The van der Waals surface area contributed by atoms with E-state index in [0.717, 1.165) is 6.54 Å². The molecule has 80 valence electrons. The molecule has 0 aliphatic heterocycles. The molecule has 0 unspecified atom stereocenters. The van der Waals surface area contributed by atoms with Gasteiger partial charge in [0.25, 0.3) is 0 Å². The molecule has 2 heterocycles. The SMILES string of the molecule is c1ccc2c(CNn3cccc3)csc2c1. The van der Waals surface area contributed by atoms with Crippen molar-refractivity contribution in [2.75, 3.05) is 5.43 Å². The minimum Gasteiger partial charge on any atom is -0.322 e. The van der Waals surface area contributed by atoms with Crippen molar-refractivity contribution in [3.8, 4) is 0 Å². The van der Waals surface area contributed by atoms with Gasteiger partial charge in [-0.1, -0.05) is 18.2 Å². The van der Waals surface area contributed by atoms with Gasteiger partial charge in [0.15, 0.2) is 0 Å². The molecular formula is C13H12N2S. The Hall–Kier alpha value is -1.74. The van der Waals surface area contributed by atoms with Crippen LogP contribution < -0.4 is 5.43 Å². The molecule has 3 rings (SSSR count). The first-order valence-electron chi connectivity index (χ1n) is 5.25. The van der Waals surface area contributed by atoms with Gasteiger partial charge in [-0.25, -0.2) is 0 Å². The average molecular weight is 228 g/mol. The van der Waals surface area contributed by atoms with Crippen molar-refractivity contribution in [1.29, 1.82) is 0 Å². The highest BCUT2D eigenvalue weighted by atomic mass is 32.1. The molecule has 0 radical (unpaired) electrons. The van der Waals surface area contributed by atoms with Gasteiger partial charge in [-0.3, -0.25) is 4.68 Å². The summed E-state index contributed by atoms with van der Waals surface area (Å²) >= 11 is 1.80. The van der Waals surface area contributed by atoms with Crippen molar-refractivity contribution in [3.63, 3.8) is 0 Å². The molecule has 0 aliphatic carbocycles. The number of fused-ring (bicyclic) bond motifs is 1. The third-order valence-electron chi connectivity index (χ3n) is 2.62. The monoisotopic (exact) mass is 228 g/mol. The summed E-state index contributed by atoms with van der Waals surface area (Å²) in [5.41, 5.74) is 4.70. The Labute approximate surface area is 98.1 Å². The quantitative estimate of drug-likeness (QED) is 0.726. The smallest absolute Gasteiger partial charge is 0.0578 e. The van der Waals surface area contributed by atoms with Gasteiger partial charge in [-0.15, -0.1) is 11.3 Å². The predicted molar refractivity (Wildman–Crippen MR) is 69.3 cm³/mol. The molecule has 0 aliphatic rings. The molecule has 0 saturated heterocycles. The van der Waals surface area contributed by atoms with Crippen LogP contribution in [0.3, 0.4) is 0 Å². The van der Waals surface area contributed by atoms with Gasteiger partial charge in [0, 0.05) is 17.1 Å². The van der Waals surface area contributed by atoms with E-state index in [1.165, 1.54) is 15.6 Å². The number of rotatable bonds is 3. The van der Waals surface area contributed by atoms with Crippen LogP contribution in [0.5, 0.6) is 0 Å². The molecule has 1 N–H and O–H groups in total. The van der Waals surface area contributed by atoms with Crippen LogP contribution in [0.1, 0.15) is 5.56 Å². The van der Waals surface area contributed by atoms with Gasteiger partial charge >= 0.3 is 0 Å². The highest BCUT2D eigenvalue weighted by Gasteiger charge is 2.02. The maximum Gasteiger partial charge on any atom is 0.0578 e. The van der Waals surface area contributed by atoms with E-state index in [1.807, 2.05) is 29.2 Å². The number of hydrogen-bond donors (Lipinski definition) is 1. The molecule has 3 aromatic rings. The largest absolute Gasteiger partial charge is 0.322 e. The fourth-order valence-electron chi connectivity index (χ4n) is 1.79. The Bertz CT molecular complexity index is 581.